The van der Waals surface area contributed by atoms with Crippen LogP contribution in [0.15, 0.2) is 49.1 Å². The number of aliphatic hydroxyl groups is 2. The highest BCUT2D eigenvalue weighted by Gasteiger charge is 2.59. The Morgan fingerprint density at radius 1 is 1.14 bits per heavy atom. The maximum Gasteiger partial charge on any atom is 0.423 e. The average Bonchev–Trinajstić information content (AvgIpc) is 3.39. The van der Waals surface area contributed by atoms with E-state index in [2.05, 4.69) is 20.3 Å². The number of nitrogens with zero attached hydrogens (tertiary/aromatic N) is 4. The molecular formula is C23H19ClF3N5O3. The minimum Gasteiger partial charge on any atom is -0.455 e. The van der Waals surface area contributed by atoms with Crippen molar-refractivity contribution in [3.8, 4) is 11.5 Å². The van der Waals surface area contributed by atoms with Gasteiger partial charge in [0.05, 0.1) is 22.8 Å². The molecule has 5 rings (SSSR count). The van der Waals surface area contributed by atoms with Gasteiger partial charge in [-0.25, -0.2) is 9.97 Å². The van der Waals surface area contributed by atoms with E-state index in [-0.39, 0.29) is 35.1 Å². The van der Waals surface area contributed by atoms with Crippen molar-refractivity contribution in [2.45, 2.75) is 31.2 Å². The van der Waals surface area contributed by atoms with Crippen molar-refractivity contribution >= 4 is 34.1 Å². The maximum absolute atomic E-state index is 13.4. The standard InChI is InChI=1S/C23H19ClF3N5O3/c24-15-11-13(31-21-19-16(29-12-30-21)5-8-32(19)9-10-33)1-2-18(15)35-17-4-7-28-20-14(17)3-6-22(20,34)23(25,26)27/h1-2,4-5,7-8,11-12,33-34H,3,6,9-10H2,(H,29,30,31). The molecule has 35 heavy (non-hydrogen) atoms. The largest absolute Gasteiger partial charge is 0.455 e. The molecule has 3 aromatic heterocycles. The minimum absolute atomic E-state index is 0.0387. The Balaban J connectivity index is 1.41. The summed E-state index contributed by atoms with van der Waals surface area (Å²) in [7, 11) is 0. The van der Waals surface area contributed by atoms with E-state index in [0.29, 0.717) is 29.1 Å². The number of pyridine rings is 1. The van der Waals surface area contributed by atoms with Crippen LogP contribution in [0, 0.1) is 0 Å². The van der Waals surface area contributed by atoms with Crippen LogP contribution in [0.25, 0.3) is 11.0 Å². The molecule has 3 heterocycles. The van der Waals surface area contributed by atoms with E-state index in [1.165, 1.54) is 18.6 Å². The molecule has 0 amide bonds. The molecule has 3 N–H and O–H groups in total. The normalized spacial score (nSPS) is 17.5. The number of hydrogen-bond acceptors (Lipinski definition) is 7. The van der Waals surface area contributed by atoms with Crippen LogP contribution in [0.1, 0.15) is 17.7 Å². The van der Waals surface area contributed by atoms with Gasteiger partial charge in [0.15, 0.2) is 5.82 Å². The van der Waals surface area contributed by atoms with Gasteiger partial charge in [-0.05, 0) is 43.2 Å². The summed E-state index contributed by atoms with van der Waals surface area (Å²) < 4.78 is 48.0. The van der Waals surface area contributed by atoms with Gasteiger partial charge in [0, 0.05) is 30.2 Å². The molecule has 0 saturated heterocycles. The fourth-order valence-corrected chi connectivity index (χ4v) is 4.42. The molecule has 1 unspecified atom stereocenters. The first kappa shape index (κ1) is 23.3. The summed E-state index contributed by atoms with van der Waals surface area (Å²) in [5, 5.41) is 22.9. The molecule has 0 aliphatic heterocycles. The van der Waals surface area contributed by atoms with E-state index in [1.54, 1.807) is 24.4 Å². The second-order valence-corrected chi connectivity index (χ2v) is 8.46. The lowest BCUT2D eigenvalue weighted by Gasteiger charge is -2.25. The highest BCUT2D eigenvalue weighted by molar-refractivity contribution is 6.32. The highest BCUT2D eigenvalue weighted by Crippen LogP contribution is 2.49. The van der Waals surface area contributed by atoms with E-state index in [9.17, 15) is 23.4 Å². The van der Waals surface area contributed by atoms with Crippen LogP contribution in [-0.2, 0) is 18.6 Å². The van der Waals surface area contributed by atoms with E-state index in [0.717, 1.165) is 0 Å². The Kier molecular flexibility index (Phi) is 5.78. The van der Waals surface area contributed by atoms with Crippen LogP contribution in [0.5, 0.6) is 11.5 Å². The summed E-state index contributed by atoms with van der Waals surface area (Å²) in [6, 6.07) is 8.11. The van der Waals surface area contributed by atoms with Gasteiger partial charge in [0.2, 0.25) is 5.60 Å². The molecule has 0 bridgehead atoms. The number of fused-ring (bicyclic) bond motifs is 2. The molecule has 0 spiro atoms. The van der Waals surface area contributed by atoms with E-state index in [1.807, 2.05) is 10.6 Å². The van der Waals surface area contributed by atoms with Crippen molar-refractivity contribution in [1.82, 2.24) is 19.5 Å². The first-order chi connectivity index (χ1) is 16.7. The number of aliphatic hydroxyl groups excluding tert-OH is 1. The fourth-order valence-electron chi connectivity index (χ4n) is 4.20. The van der Waals surface area contributed by atoms with Gasteiger partial charge >= 0.3 is 6.18 Å². The van der Waals surface area contributed by atoms with Crippen molar-refractivity contribution in [2.75, 3.05) is 11.9 Å². The third-order valence-corrected chi connectivity index (χ3v) is 6.21. The Morgan fingerprint density at radius 2 is 1.97 bits per heavy atom. The number of alkyl halides is 3. The number of ether oxygens (including phenoxy) is 1. The summed E-state index contributed by atoms with van der Waals surface area (Å²) >= 11 is 6.42. The first-order valence-electron chi connectivity index (χ1n) is 10.6. The van der Waals surface area contributed by atoms with Crippen molar-refractivity contribution in [1.29, 1.82) is 0 Å². The molecule has 1 aliphatic rings. The van der Waals surface area contributed by atoms with Gasteiger partial charge in [-0.1, -0.05) is 11.6 Å². The van der Waals surface area contributed by atoms with E-state index < -0.39 is 23.9 Å². The number of aromatic nitrogens is 4. The lowest BCUT2D eigenvalue weighted by molar-refractivity contribution is -0.266. The molecule has 0 saturated carbocycles. The highest BCUT2D eigenvalue weighted by atomic mass is 35.5. The molecular weight excluding hydrogens is 487 g/mol. The average molecular weight is 506 g/mol. The Hall–Kier alpha value is -3.41. The Morgan fingerprint density at radius 3 is 2.71 bits per heavy atom. The number of nitrogens with one attached hydrogen (secondary N) is 1. The van der Waals surface area contributed by atoms with Crippen LogP contribution in [0.3, 0.4) is 0 Å². The predicted octanol–water partition coefficient (Wildman–Crippen LogP) is 4.70. The van der Waals surface area contributed by atoms with Crippen LogP contribution >= 0.6 is 11.6 Å². The Bertz CT molecular complexity index is 1410. The molecule has 1 aliphatic carbocycles. The van der Waals surface area contributed by atoms with Crippen molar-refractivity contribution in [2.24, 2.45) is 0 Å². The third-order valence-electron chi connectivity index (χ3n) is 5.92. The number of anilines is 2. The van der Waals surface area contributed by atoms with Gasteiger partial charge in [-0.2, -0.15) is 13.2 Å². The molecule has 182 valence electrons. The van der Waals surface area contributed by atoms with Crippen molar-refractivity contribution in [3.05, 3.63) is 65.3 Å². The summed E-state index contributed by atoms with van der Waals surface area (Å²) in [4.78, 5) is 12.3. The molecule has 12 heteroatoms. The van der Waals surface area contributed by atoms with Gasteiger partial charge in [0.1, 0.15) is 23.3 Å². The summed E-state index contributed by atoms with van der Waals surface area (Å²) in [5.41, 5.74) is -1.26. The first-order valence-corrected chi connectivity index (χ1v) is 11.0. The van der Waals surface area contributed by atoms with Gasteiger partial charge < -0.3 is 24.8 Å². The molecule has 1 atom stereocenters. The number of halogens is 4. The van der Waals surface area contributed by atoms with Crippen LogP contribution < -0.4 is 10.1 Å². The predicted molar refractivity (Wildman–Crippen MR) is 122 cm³/mol. The molecule has 4 aromatic rings. The topological polar surface area (TPSA) is 105 Å². The number of benzene rings is 1. The molecule has 1 aromatic carbocycles. The van der Waals surface area contributed by atoms with Gasteiger partial charge in [-0.3, -0.25) is 4.98 Å². The molecule has 0 radical (unpaired) electrons. The second kappa shape index (κ2) is 8.67. The number of hydrogen-bond donors (Lipinski definition) is 3. The number of rotatable bonds is 6. The zero-order valence-electron chi connectivity index (χ0n) is 18.1. The quantitative estimate of drug-likeness (QED) is 0.349. The minimum atomic E-state index is -4.85. The van der Waals surface area contributed by atoms with E-state index >= 15 is 0 Å². The summed E-state index contributed by atoms with van der Waals surface area (Å²) in [6.07, 6.45) is -1.03. The summed E-state index contributed by atoms with van der Waals surface area (Å²) in [6.45, 7) is 0.327. The van der Waals surface area contributed by atoms with Crippen molar-refractivity contribution < 1.29 is 28.1 Å². The Labute approximate surface area is 202 Å². The molecule has 0 fully saturated rings. The fraction of sp³-hybridized carbons (Fsp3) is 0.261. The van der Waals surface area contributed by atoms with Crippen LogP contribution in [-0.4, -0.2) is 42.5 Å². The van der Waals surface area contributed by atoms with Crippen LogP contribution in [0.2, 0.25) is 5.02 Å². The lowest BCUT2D eigenvalue weighted by atomic mass is 10.0. The van der Waals surface area contributed by atoms with E-state index in [4.69, 9.17) is 16.3 Å². The van der Waals surface area contributed by atoms with Crippen molar-refractivity contribution in [3.63, 3.8) is 0 Å². The third kappa shape index (κ3) is 4.05. The lowest BCUT2D eigenvalue weighted by Crippen LogP contribution is -2.40. The second-order valence-electron chi connectivity index (χ2n) is 8.06. The summed E-state index contributed by atoms with van der Waals surface area (Å²) in [5.74, 6) is 0.887. The van der Waals surface area contributed by atoms with Gasteiger partial charge in [-0.15, -0.1) is 0 Å². The SMILES string of the molecule is OCCn1ccc2ncnc(Nc3ccc(Oc4ccnc5c4CCC5(O)C(F)(F)F)c(Cl)c3)c21. The smallest absolute Gasteiger partial charge is 0.423 e. The van der Waals surface area contributed by atoms with Gasteiger partial charge in [0.25, 0.3) is 0 Å². The van der Waals surface area contributed by atoms with Crippen LogP contribution in [0.4, 0.5) is 24.7 Å². The maximum atomic E-state index is 13.4. The zero-order chi connectivity index (χ0) is 24.8. The monoisotopic (exact) mass is 505 g/mol. The molecule has 8 nitrogen and oxygen atoms in total. The zero-order valence-corrected chi connectivity index (χ0v) is 18.8.